The Morgan fingerprint density at radius 3 is 2.45 bits per heavy atom. The van der Waals surface area contributed by atoms with Crippen LogP contribution in [0.15, 0.2) is 30.3 Å². The van der Waals surface area contributed by atoms with E-state index in [0.717, 1.165) is 32.4 Å². The van der Waals surface area contributed by atoms with E-state index >= 15 is 0 Å². The first-order valence-electron chi connectivity index (χ1n) is 8.24. The van der Waals surface area contributed by atoms with E-state index in [1.54, 1.807) is 0 Å². The van der Waals surface area contributed by atoms with Gasteiger partial charge in [-0.1, -0.05) is 43.7 Å². The van der Waals surface area contributed by atoms with E-state index in [-0.39, 0.29) is 17.8 Å². The molecule has 0 bridgehead atoms. The summed E-state index contributed by atoms with van der Waals surface area (Å²) in [5, 5.41) is 0. The zero-order valence-electron chi connectivity index (χ0n) is 13.3. The Morgan fingerprint density at radius 1 is 1.27 bits per heavy atom. The van der Waals surface area contributed by atoms with Gasteiger partial charge in [-0.05, 0) is 37.3 Å². The number of nitrogens with two attached hydrogens (primary N) is 1. The van der Waals surface area contributed by atoms with E-state index in [1.165, 1.54) is 12.0 Å². The minimum absolute atomic E-state index is 0. The Morgan fingerprint density at radius 2 is 1.95 bits per heavy atom. The Kier molecular flexibility index (Phi) is 5.51. The first-order valence-corrected chi connectivity index (χ1v) is 8.24. The van der Waals surface area contributed by atoms with Crippen molar-refractivity contribution in [1.82, 2.24) is 4.90 Å². The first-order chi connectivity index (χ1) is 10.2. The molecule has 2 N–H and O–H groups in total. The third kappa shape index (κ3) is 2.89. The Bertz CT molecular complexity index is 496. The summed E-state index contributed by atoms with van der Waals surface area (Å²) in [7, 11) is 0. The molecule has 1 saturated heterocycles. The number of carbonyl (C=O) groups excluding carboxylic acids is 1. The molecule has 1 aromatic carbocycles. The van der Waals surface area contributed by atoms with Crippen molar-refractivity contribution >= 4 is 18.3 Å². The highest BCUT2D eigenvalue weighted by Gasteiger charge is 2.47. The van der Waals surface area contributed by atoms with Gasteiger partial charge in [0, 0.05) is 24.4 Å². The maximum absolute atomic E-state index is 12.9. The molecule has 3 nitrogen and oxygen atoms in total. The predicted molar refractivity (Wildman–Crippen MR) is 92.1 cm³/mol. The SMILES string of the molecule is CCC1(C(=O)N2C[C@@H](CN)[C@H](c3ccccc3)C2)CCC1.Cl. The zero-order valence-corrected chi connectivity index (χ0v) is 14.1. The molecule has 0 unspecified atom stereocenters. The summed E-state index contributed by atoms with van der Waals surface area (Å²) in [5.41, 5.74) is 7.24. The van der Waals surface area contributed by atoms with Crippen LogP contribution in [0.4, 0.5) is 0 Å². The summed E-state index contributed by atoms with van der Waals surface area (Å²) in [6.07, 6.45) is 4.33. The van der Waals surface area contributed by atoms with E-state index in [1.807, 2.05) is 6.07 Å². The summed E-state index contributed by atoms with van der Waals surface area (Å²) < 4.78 is 0. The molecule has 3 rings (SSSR count). The molecule has 2 aliphatic rings. The van der Waals surface area contributed by atoms with E-state index in [9.17, 15) is 4.79 Å². The van der Waals surface area contributed by atoms with E-state index in [2.05, 4.69) is 36.1 Å². The predicted octanol–water partition coefficient (Wildman–Crippen LogP) is 3.19. The highest BCUT2D eigenvalue weighted by Crippen LogP contribution is 2.46. The molecule has 1 aliphatic carbocycles. The number of benzene rings is 1. The minimum atomic E-state index is -0.0509. The zero-order chi connectivity index (χ0) is 14.9. The fraction of sp³-hybridized carbons (Fsp3) is 0.611. The molecule has 1 heterocycles. The van der Waals surface area contributed by atoms with Crippen LogP contribution in [0.1, 0.15) is 44.1 Å². The normalized spacial score (nSPS) is 26.2. The van der Waals surface area contributed by atoms with Crippen molar-refractivity contribution in [2.45, 2.75) is 38.5 Å². The summed E-state index contributed by atoms with van der Waals surface area (Å²) in [6, 6.07) is 10.5. The van der Waals surface area contributed by atoms with Crippen LogP contribution in [0.3, 0.4) is 0 Å². The molecular formula is C18H27ClN2O. The fourth-order valence-electron chi connectivity index (χ4n) is 4.01. The maximum Gasteiger partial charge on any atom is 0.228 e. The molecule has 4 heteroatoms. The largest absolute Gasteiger partial charge is 0.341 e. The van der Waals surface area contributed by atoms with Crippen LogP contribution in [0.2, 0.25) is 0 Å². The van der Waals surface area contributed by atoms with Gasteiger partial charge in [0.2, 0.25) is 5.91 Å². The molecule has 0 radical (unpaired) electrons. The second-order valence-electron chi connectivity index (χ2n) is 6.71. The Hall–Kier alpha value is -1.06. The summed E-state index contributed by atoms with van der Waals surface area (Å²) >= 11 is 0. The highest BCUT2D eigenvalue weighted by molar-refractivity contribution is 5.85. The maximum atomic E-state index is 12.9. The average molecular weight is 323 g/mol. The van der Waals surface area contributed by atoms with Crippen molar-refractivity contribution in [2.24, 2.45) is 17.1 Å². The second kappa shape index (κ2) is 7.01. The topological polar surface area (TPSA) is 46.3 Å². The lowest BCUT2D eigenvalue weighted by Crippen LogP contribution is -2.47. The lowest BCUT2D eigenvalue weighted by atomic mass is 9.66. The van der Waals surface area contributed by atoms with Crippen LogP contribution < -0.4 is 5.73 Å². The van der Waals surface area contributed by atoms with Crippen LogP contribution >= 0.6 is 12.4 Å². The Labute approximate surface area is 139 Å². The molecule has 122 valence electrons. The van der Waals surface area contributed by atoms with Gasteiger partial charge in [-0.25, -0.2) is 0 Å². The number of hydrogen-bond donors (Lipinski definition) is 1. The molecule has 22 heavy (non-hydrogen) atoms. The number of hydrogen-bond acceptors (Lipinski definition) is 2. The van der Waals surface area contributed by atoms with Crippen molar-refractivity contribution in [3.8, 4) is 0 Å². The lowest BCUT2D eigenvalue weighted by molar-refractivity contribution is -0.146. The van der Waals surface area contributed by atoms with Crippen molar-refractivity contribution < 1.29 is 4.79 Å². The molecule has 0 spiro atoms. The van der Waals surface area contributed by atoms with Crippen molar-refractivity contribution in [2.75, 3.05) is 19.6 Å². The van der Waals surface area contributed by atoms with Crippen LogP contribution in [0.5, 0.6) is 0 Å². The van der Waals surface area contributed by atoms with E-state index in [4.69, 9.17) is 5.73 Å². The van der Waals surface area contributed by atoms with Crippen molar-refractivity contribution in [3.63, 3.8) is 0 Å². The molecular weight excluding hydrogens is 296 g/mol. The smallest absolute Gasteiger partial charge is 0.228 e. The molecule has 2 fully saturated rings. The van der Waals surface area contributed by atoms with E-state index < -0.39 is 0 Å². The molecule has 1 amide bonds. The van der Waals surface area contributed by atoms with E-state index in [0.29, 0.717) is 24.3 Å². The monoisotopic (exact) mass is 322 g/mol. The third-order valence-electron chi connectivity index (χ3n) is 5.70. The number of carbonyl (C=O) groups is 1. The molecule has 0 aromatic heterocycles. The van der Waals surface area contributed by atoms with Crippen molar-refractivity contribution in [1.29, 1.82) is 0 Å². The summed E-state index contributed by atoms with van der Waals surface area (Å²) in [5.74, 6) is 1.17. The van der Waals surface area contributed by atoms with Crippen LogP contribution in [0, 0.1) is 11.3 Å². The standard InChI is InChI=1S/C18H26N2O.ClH/c1-2-18(9-6-10-18)17(21)20-12-15(11-19)16(13-20)14-7-4-3-5-8-14;/h3-5,7-8,15-16H,2,6,9-13,19H2,1H3;1H/t15-,16+;/m1./s1. The van der Waals surface area contributed by atoms with Crippen LogP contribution in [-0.4, -0.2) is 30.4 Å². The molecule has 1 aliphatic heterocycles. The second-order valence-corrected chi connectivity index (χ2v) is 6.71. The molecule has 1 aromatic rings. The van der Waals surface area contributed by atoms with Gasteiger partial charge in [0.15, 0.2) is 0 Å². The van der Waals surface area contributed by atoms with Gasteiger partial charge in [-0.2, -0.15) is 0 Å². The van der Waals surface area contributed by atoms with Crippen molar-refractivity contribution in [3.05, 3.63) is 35.9 Å². The van der Waals surface area contributed by atoms with Gasteiger partial charge >= 0.3 is 0 Å². The van der Waals surface area contributed by atoms with Gasteiger partial charge in [0.05, 0.1) is 0 Å². The number of amides is 1. The quantitative estimate of drug-likeness (QED) is 0.925. The highest BCUT2D eigenvalue weighted by atomic mass is 35.5. The van der Waals surface area contributed by atoms with Crippen LogP contribution in [-0.2, 0) is 4.79 Å². The summed E-state index contributed by atoms with van der Waals surface area (Å²) in [4.78, 5) is 15.0. The minimum Gasteiger partial charge on any atom is -0.341 e. The first kappa shape index (κ1) is 17.3. The lowest BCUT2D eigenvalue weighted by Gasteiger charge is -2.42. The average Bonchev–Trinajstić information content (AvgIpc) is 2.91. The number of rotatable bonds is 4. The molecule has 1 saturated carbocycles. The number of nitrogens with zero attached hydrogens (tertiary/aromatic N) is 1. The van der Waals surface area contributed by atoms with Gasteiger partial charge < -0.3 is 10.6 Å². The van der Waals surface area contributed by atoms with Gasteiger partial charge in [0.1, 0.15) is 0 Å². The third-order valence-corrected chi connectivity index (χ3v) is 5.70. The summed E-state index contributed by atoms with van der Waals surface area (Å²) in [6.45, 7) is 4.48. The van der Waals surface area contributed by atoms with Gasteiger partial charge in [-0.3, -0.25) is 4.79 Å². The number of halogens is 1. The van der Waals surface area contributed by atoms with Gasteiger partial charge in [0.25, 0.3) is 0 Å². The van der Waals surface area contributed by atoms with Crippen LogP contribution in [0.25, 0.3) is 0 Å². The fourth-order valence-corrected chi connectivity index (χ4v) is 4.01. The van der Waals surface area contributed by atoms with Gasteiger partial charge in [-0.15, -0.1) is 12.4 Å². The Balaban J connectivity index is 0.00000176. The number of likely N-dealkylation sites (tertiary alicyclic amines) is 1. The molecule has 2 atom stereocenters.